The van der Waals surface area contributed by atoms with Crippen molar-refractivity contribution >= 4 is 16.6 Å². The third kappa shape index (κ3) is 2.55. The quantitative estimate of drug-likeness (QED) is 0.795. The van der Waals surface area contributed by atoms with Crippen LogP contribution in [0.15, 0.2) is 29.2 Å². The van der Waals surface area contributed by atoms with Gasteiger partial charge < -0.3 is 0 Å². The van der Waals surface area contributed by atoms with E-state index in [1.165, 1.54) is 12.1 Å². The van der Waals surface area contributed by atoms with Gasteiger partial charge in [-0.25, -0.2) is 4.39 Å². The lowest BCUT2D eigenvalue weighted by atomic mass is 9.99. The molecule has 2 atom stereocenters. The molecule has 0 bridgehead atoms. The molecule has 0 saturated heterocycles. The fourth-order valence-corrected chi connectivity index (χ4v) is 3.50. The van der Waals surface area contributed by atoms with Crippen LogP contribution in [-0.4, -0.2) is 15.2 Å². The molecule has 86 valence electrons. The van der Waals surface area contributed by atoms with Crippen LogP contribution in [0.5, 0.6) is 0 Å². The van der Waals surface area contributed by atoms with Gasteiger partial charge in [0.05, 0.1) is 10.8 Å². The zero-order chi connectivity index (χ0) is 11.5. The van der Waals surface area contributed by atoms with Crippen molar-refractivity contribution in [3.8, 4) is 0 Å². The normalized spacial score (nSPS) is 23.1. The van der Waals surface area contributed by atoms with Gasteiger partial charge in [-0.05, 0) is 31.0 Å². The fraction of sp³-hybridized carbons (Fsp3) is 0.417. The van der Waals surface area contributed by atoms with E-state index in [4.69, 9.17) is 0 Å². The number of ketones is 1. The molecule has 2 rings (SSSR count). The topological polar surface area (TPSA) is 34.1 Å². The molecule has 1 aliphatic carbocycles. The second-order valence-corrected chi connectivity index (χ2v) is 5.74. The van der Waals surface area contributed by atoms with Crippen molar-refractivity contribution in [2.24, 2.45) is 0 Å². The Morgan fingerprint density at radius 3 is 2.88 bits per heavy atom. The molecule has 1 fully saturated rings. The highest BCUT2D eigenvalue weighted by Crippen LogP contribution is 2.24. The summed E-state index contributed by atoms with van der Waals surface area (Å²) in [5.41, 5.74) is 0. The van der Waals surface area contributed by atoms with Crippen LogP contribution in [-0.2, 0) is 15.6 Å². The molecule has 1 saturated carbocycles. The number of hydrogen-bond donors (Lipinski definition) is 0. The predicted molar refractivity (Wildman–Crippen MR) is 60.1 cm³/mol. The standard InChI is InChI=1S/C12H13FO2S/c13-9-3-1-5-11(7-9)16(15)12-6-2-4-10(14)8-12/h1,3,5,7,12H,2,4,6,8H2. The molecule has 4 heteroatoms. The Kier molecular flexibility index (Phi) is 3.49. The Hall–Kier alpha value is -1.03. The summed E-state index contributed by atoms with van der Waals surface area (Å²) in [5, 5.41) is -0.136. The highest BCUT2D eigenvalue weighted by atomic mass is 32.2. The zero-order valence-corrected chi connectivity index (χ0v) is 9.63. The maximum Gasteiger partial charge on any atom is 0.134 e. The smallest absolute Gasteiger partial charge is 0.134 e. The summed E-state index contributed by atoms with van der Waals surface area (Å²) >= 11 is 0. The van der Waals surface area contributed by atoms with Gasteiger partial charge in [-0.2, -0.15) is 0 Å². The van der Waals surface area contributed by atoms with Crippen LogP contribution in [0.1, 0.15) is 25.7 Å². The van der Waals surface area contributed by atoms with Crippen LogP contribution < -0.4 is 0 Å². The number of hydrogen-bond acceptors (Lipinski definition) is 2. The van der Waals surface area contributed by atoms with Crippen molar-refractivity contribution in [2.75, 3.05) is 0 Å². The second-order valence-electron chi connectivity index (χ2n) is 4.01. The minimum atomic E-state index is -1.26. The first-order valence-electron chi connectivity index (χ1n) is 5.34. The first kappa shape index (κ1) is 11.5. The van der Waals surface area contributed by atoms with E-state index in [-0.39, 0.29) is 16.9 Å². The summed E-state index contributed by atoms with van der Waals surface area (Å²) in [6.45, 7) is 0. The molecule has 0 heterocycles. The van der Waals surface area contributed by atoms with E-state index >= 15 is 0 Å². The van der Waals surface area contributed by atoms with Crippen molar-refractivity contribution in [3.63, 3.8) is 0 Å². The van der Waals surface area contributed by atoms with Gasteiger partial charge in [0.15, 0.2) is 0 Å². The van der Waals surface area contributed by atoms with E-state index in [1.54, 1.807) is 12.1 Å². The molecule has 0 aliphatic heterocycles. The molecule has 0 aromatic heterocycles. The van der Waals surface area contributed by atoms with Gasteiger partial charge in [-0.1, -0.05) is 6.07 Å². The molecule has 0 N–H and O–H groups in total. The van der Waals surface area contributed by atoms with Gasteiger partial charge in [-0.15, -0.1) is 0 Å². The molecule has 2 unspecified atom stereocenters. The SMILES string of the molecule is O=C1CCCC(S(=O)c2cccc(F)c2)C1. The van der Waals surface area contributed by atoms with Gasteiger partial charge in [0.2, 0.25) is 0 Å². The van der Waals surface area contributed by atoms with Gasteiger partial charge in [-0.3, -0.25) is 9.00 Å². The predicted octanol–water partition coefficient (Wildman–Crippen LogP) is 2.45. The number of benzene rings is 1. The Bertz CT molecular complexity index is 431. The van der Waals surface area contributed by atoms with E-state index in [0.29, 0.717) is 17.7 Å². The fourth-order valence-electron chi connectivity index (χ4n) is 1.95. The molecule has 0 amide bonds. The number of rotatable bonds is 2. The molecule has 16 heavy (non-hydrogen) atoms. The number of halogens is 1. The van der Waals surface area contributed by atoms with Crippen molar-refractivity contribution in [1.29, 1.82) is 0 Å². The van der Waals surface area contributed by atoms with E-state index in [2.05, 4.69) is 0 Å². The number of carbonyl (C=O) groups is 1. The van der Waals surface area contributed by atoms with Crippen LogP contribution in [0.4, 0.5) is 4.39 Å². The Balaban J connectivity index is 2.15. The summed E-state index contributed by atoms with van der Waals surface area (Å²) in [6, 6.07) is 5.81. The van der Waals surface area contributed by atoms with E-state index < -0.39 is 10.8 Å². The number of Topliss-reactive ketones (excluding diaryl/α,β-unsaturated/α-hetero) is 1. The summed E-state index contributed by atoms with van der Waals surface area (Å²) in [5.74, 6) is -0.214. The Morgan fingerprint density at radius 2 is 2.19 bits per heavy atom. The van der Waals surface area contributed by atoms with E-state index in [9.17, 15) is 13.4 Å². The maximum atomic E-state index is 13.0. The van der Waals surface area contributed by atoms with Crippen LogP contribution >= 0.6 is 0 Å². The zero-order valence-electron chi connectivity index (χ0n) is 8.82. The largest absolute Gasteiger partial charge is 0.300 e. The first-order chi connectivity index (χ1) is 7.66. The minimum Gasteiger partial charge on any atom is -0.300 e. The summed E-state index contributed by atoms with van der Waals surface area (Å²) in [4.78, 5) is 11.8. The molecule has 1 aromatic rings. The monoisotopic (exact) mass is 240 g/mol. The van der Waals surface area contributed by atoms with Gasteiger partial charge in [0.25, 0.3) is 0 Å². The Labute approximate surface area is 96.3 Å². The summed E-state index contributed by atoms with van der Waals surface area (Å²) < 4.78 is 25.1. The van der Waals surface area contributed by atoms with Crippen molar-refractivity contribution in [1.82, 2.24) is 0 Å². The molecule has 0 radical (unpaired) electrons. The third-order valence-corrected chi connectivity index (χ3v) is 4.49. The van der Waals surface area contributed by atoms with Crippen molar-refractivity contribution < 1.29 is 13.4 Å². The van der Waals surface area contributed by atoms with Crippen LogP contribution in [0.25, 0.3) is 0 Å². The van der Waals surface area contributed by atoms with Crippen LogP contribution in [0.3, 0.4) is 0 Å². The molecular formula is C12H13FO2S. The highest BCUT2D eigenvalue weighted by molar-refractivity contribution is 7.85. The van der Waals surface area contributed by atoms with Crippen molar-refractivity contribution in [3.05, 3.63) is 30.1 Å². The second kappa shape index (κ2) is 4.87. The molecule has 0 spiro atoms. The third-order valence-electron chi connectivity index (χ3n) is 2.77. The Morgan fingerprint density at radius 1 is 1.38 bits per heavy atom. The lowest BCUT2D eigenvalue weighted by molar-refractivity contribution is -0.120. The average Bonchev–Trinajstić information content (AvgIpc) is 2.28. The molecule has 1 aliphatic rings. The lowest BCUT2D eigenvalue weighted by Gasteiger charge is -2.20. The van der Waals surface area contributed by atoms with Crippen molar-refractivity contribution in [2.45, 2.75) is 35.8 Å². The summed E-state index contributed by atoms with van der Waals surface area (Å²) in [6.07, 6.45) is 2.54. The van der Waals surface area contributed by atoms with E-state index in [0.717, 1.165) is 12.8 Å². The van der Waals surface area contributed by atoms with Crippen LogP contribution in [0, 0.1) is 5.82 Å². The molecule has 1 aromatic carbocycles. The number of carbonyl (C=O) groups excluding carboxylic acids is 1. The van der Waals surface area contributed by atoms with Crippen LogP contribution in [0.2, 0.25) is 0 Å². The minimum absolute atomic E-state index is 0.136. The first-order valence-corrected chi connectivity index (χ1v) is 6.56. The van der Waals surface area contributed by atoms with Gasteiger partial charge in [0.1, 0.15) is 11.6 Å². The highest BCUT2D eigenvalue weighted by Gasteiger charge is 2.25. The summed E-state index contributed by atoms with van der Waals surface area (Å²) in [7, 11) is -1.26. The molecular weight excluding hydrogens is 227 g/mol. The average molecular weight is 240 g/mol. The molecule has 2 nitrogen and oxygen atoms in total. The van der Waals surface area contributed by atoms with Gasteiger partial charge in [0, 0.05) is 23.0 Å². The van der Waals surface area contributed by atoms with E-state index in [1.807, 2.05) is 0 Å². The lowest BCUT2D eigenvalue weighted by Crippen LogP contribution is -2.24. The van der Waals surface area contributed by atoms with Gasteiger partial charge >= 0.3 is 0 Å². The maximum absolute atomic E-state index is 13.0.